The van der Waals surface area contributed by atoms with Crippen LogP contribution in [0.15, 0.2) is 40.2 Å². The summed E-state index contributed by atoms with van der Waals surface area (Å²) in [7, 11) is 0. The lowest BCUT2D eigenvalue weighted by Crippen LogP contribution is -1.66. The molecular weight excluding hydrogens is 166 g/mol. The van der Waals surface area contributed by atoms with Gasteiger partial charge in [0.2, 0.25) is 0 Å². The quantitative estimate of drug-likeness (QED) is 0.632. The van der Waals surface area contributed by atoms with Crippen LogP contribution in [0.5, 0.6) is 0 Å². The standard InChI is InChI=1S/C10H11NS/c1-9(12-2)8-11-10-6-4-3-5-7-10/h3-7H,1-2H3. The van der Waals surface area contributed by atoms with Crippen molar-refractivity contribution in [2.75, 3.05) is 6.26 Å². The molecule has 1 nitrogen and oxygen atoms in total. The van der Waals surface area contributed by atoms with Crippen molar-refractivity contribution < 1.29 is 0 Å². The summed E-state index contributed by atoms with van der Waals surface area (Å²) in [6, 6.07) is 9.83. The van der Waals surface area contributed by atoms with Gasteiger partial charge in [-0.15, -0.1) is 11.8 Å². The van der Waals surface area contributed by atoms with Gasteiger partial charge < -0.3 is 0 Å². The minimum Gasteiger partial charge on any atom is -0.205 e. The second-order valence-electron chi connectivity index (χ2n) is 2.32. The third-order valence-corrected chi connectivity index (χ3v) is 2.11. The highest BCUT2D eigenvalue weighted by Crippen LogP contribution is 2.10. The fourth-order valence-electron chi connectivity index (χ4n) is 0.691. The number of thioether (sulfide) groups is 1. The molecule has 0 aliphatic heterocycles. The van der Waals surface area contributed by atoms with Gasteiger partial charge in [0.1, 0.15) is 0 Å². The second-order valence-corrected chi connectivity index (χ2v) is 3.34. The van der Waals surface area contributed by atoms with E-state index in [9.17, 15) is 0 Å². The van der Waals surface area contributed by atoms with Crippen molar-refractivity contribution in [1.29, 1.82) is 0 Å². The van der Waals surface area contributed by atoms with Gasteiger partial charge in [-0.2, -0.15) is 0 Å². The molecule has 62 valence electrons. The van der Waals surface area contributed by atoms with Gasteiger partial charge in [-0.3, -0.25) is 0 Å². The van der Waals surface area contributed by atoms with Crippen LogP contribution in [0.2, 0.25) is 0 Å². The van der Waals surface area contributed by atoms with Gasteiger partial charge in [-0.1, -0.05) is 18.2 Å². The fraction of sp³-hybridized carbons (Fsp3) is 0.200. The predicted molar refractivity (Wildman–Crippen MR) is 56.2 cm³/mol. The van der Waals surface area contributed by atoms with Gasteiger partial charge in [0.25, 0.3) is 0 Å². The maximum absolute atomic E-state index is 4.17. The van der Waals surface area contributed by atoms with E-state index in [0.717, 1.165) is 10.6 Å². The van der Waals surface area contributed by atoms with Crippen LogP contribution >= 0.6 is 11.8 Å². The highest BCUT2D eigenvalue weighted by Gasteiger charge is 1.82. The zero-order valence-electron chi connectivity index (χ0n) is 7.24. The number of hydrogen-bond acceptors (Lipinski definition) is 2. The smallest absolute Gasteiger partial charge is 0.0730 e. The molecule has 1 aromatic carbocycles. The first-order chi connectivity index (χ1) is 5.83. The van der Waals surface area contributed by atoms with Crippen LogP contribution in [0.3, 0.4) is 0 Å². The average Bonchev–Trinajstić information content (AvgIpc) is 2.16. The van der Waals surface area contributed by atoms with E-state index >= 15 is 0 Å². The zero-order valence-corrected chi connectivity index (χ0v) is 8.06. The minimum atomic E-state index is 0.950. The monoisotopic (exact) mass is 177 g/mol. The van der Waals surface area contributed by atoms with E-state index in [1.807, 2.05) is 43.5 Å². The molecule has 0 fully saturated rings. The molecule has 1 aromatic rings. The molecule has 0 N–H and O–H groups in total. The van der Waals surface area contributed by atoms with Crippen molar-refractivity contribution in [2.24, 2.45) is 4.99 Å². The summed E-state index contributed by atoms with van der Waals surface area (Å²) in [6.45, 7) is 2.00. The van der Waals surface area contributed by atoms with Crippen LogP contribution < -0.4 is 0 Å². The maximum atomic E-state index is 4.17. The van der Waals surface area contributed by atoms with E-state index in [2.05, 4.69) is 10.9 Å². The van der Waals surface area contributed by atoms with E-state index < -0.39 is 0 Å². The molecule has 0 saturated carbocycles. The highest BCUT2D eigenvalue weighted by molar-refractivity contribution is 8.02. The van der Waals surface area contributed by atoms with Gasteiger partial charge in [0.15, 0.2) is 0 Å². The SMILES string of the molecule is CSC(C)=C=Nc1ccccc1. The number of benzene rings is 1. The largest absolute Gasteiger partial charge is 0.205 e. The molecule has 0 spiro atoms. The van der Waals surface area contributed by atoms with Crippen molar-refractivity contribution in [1.82, 2.24) is 0 Å². The summed E-state index contributed by atoms with van der Waals surface area (Å²) in [5.74, 6) is 2.95. The van der Waals surface area contributed by atoms with Gasteiger partial charge in [-0.25, -0.2) is 4.99 Å². The Kier molecular flexibility index (Phi) is 3.65. The number of para-hydroxylation sites is 1. The Bertz CT molecular complexity index is 297. The summed E-state index contributed by atoms with van der Waals surface area (Å²) < 4.78 is 0. The number of nitrogens with zero attached hydrogens (tertiary/aromatic N) is 1. The van der Waals surface area contributed by atoms with Crippen molar-refractivity contribution in [3.63, 3.8) is 0 Å². The Balaban J connectivity index is 2.83. The van der Waals surface area contributed by atoms with Gasteiger partial charge >= 0.3 is 0 Å². The lowest BCUT2D eigenvalue weighted by atomic mass is 10.3. The molecule has 0 bridgehead atoms. The van der Waals surface area contributed by atoms with Crippen molar-refractivity contribution >= 4 is 23.3 Å². The van der Waals surface area contributed by atoms with Crippen molar-refractivity contribution in [2.45, 2.75) is 6.92 Å². The lowest BCUT2D eigenvalue weighted by molar-refractivity contribution is 1.54. The van der Waals surface area contributed by atoms with E-state index in [4.69, 9.17) is 0 Å². The van der Waals surface area contributed by atoms with Crippen LogP contribution in [0.25, 0.3) is 0 Å². The van der Waals surface area contributed by atoms with Crippen molar-refractivity contribution in [3.8, 4) is 0 Å². The molecule has 0 aliphatic carbocycles. The molecular formula is C10H11NS. The Hall–Kier alpha value is -0.980. The first-order valence-electron chi connectivity index (χ1n) is 3.72. The van der Waals surface area contributed by atoms with Gasteiger partial charge in [0.05, 0.1) is 5.69 Å². The topological polar surface area (TPSA) is 12.4 Å². The second kappa shape index (κ2) is 4.81. The van der Waals surface area contributed by atoms with Gasteiger partial charge in [-0.05, 0) is 31.2 Å². The molecule has 12 heavy (non-hydrogen) atoms. The molecule has 0 aromatic heterocycles. The van der Waals surface area contributed by atoms with Crippen molar-refractivity contribution in [3.05, 3.63) is 35.2 Å². The normalized spacial score (nSPS) is 8.83. The molecule has 2 heteroatoms. The highest BCUT2D eigenvalue weighted by atomic mass is 32.2. The lowest BCUT2D eigenvalue weighted by Gasteiger charge is -1.88. The molecule has 1 rings (SSSR count). The third kappa shape index (κ3) is 2.95. The van der Waals surface area contributed by atoms with Crippen LogP contribution in [0.1, 0.15) is 6.92 Å². The number of rotatable bonds is 2. The molecule has 0 amide bonds. The average molecular weight is 177 g/mol. The Morgan fingerprint density at radius 2 is 2.00 bits per heavy atom. The van der Waals surface area contributed by atoms with Crippen LogP contribution in [-0.2, 0) is 0 Å². The van der Waals surface area contributed by atoms with E-state index in [0.29, 0.717) is 0 Å². The Labute approximate surface area is 77.2 Å². The molecule has 0 saturated heterocycles. The first-order valence-corrected chi connectivity index (χ1v) is 4.95. The van der Waals surface area contributed by atoms with E-state index in [1.165, 1.54) is 0 Å². The molecule has 0 unspecified atom stereocenters. The number of hydrogen-bond donors (Lipinski definition) is 0. The van der Waals surface area contributed by atoms with Crippen LogP contribution in [0, 0.1) is 0 Å². The zero-order chi connectivity index (χ0) is 8.81. The van der Waals surface area contributed by atoms with Crippen LogP contribution in [0.4, 0.5) is 5.69 Å². The first kappa shape index (κ1) is 9.11. The molecule has 0 heterocycles. The predicted octanol–water partition coefficient (Wildman–Crippen LogP) is 3.25. The summed E-state index contributed by atoms with van der Waals surface area (Å²) in [4.78, 5) is 5.27. The summed E-state index contributed by atoms with van der Waals surface area (Å²) in [5, 5.41) is 0. The summed E-state index contributed by atoms with van der Waals surface area (Å²) in [5.41, 5.74) is 0.950. The molecule has 0 aliphatic rings. The minimum absolute atomic E-state index is 0.950. The van der Waals surface area contributed by atoms with Crippen LogP contribution in [-0.4, -0.2) is 12.1 Å². The van der Waals surface area contributed by atoms with Gasteiger partial charge in [0, 0.05) is 4.91 Å². The van der Waals surface area contributed by atoms with E-state index in [-0.39, 0.29) is 0 Å². The fourth-order valence-corrected chi connectivity index (χ4v) is 0.828. The Morgan fingerprint density at radius 1 is 1.33 bits per heavy atom. The molecule has 0 radical (unpaired) electrons. The third-order valence-electron chi connectivity index (χ3n) is 1.40. The number of allylic oxidation sites excluding steroid dienone is 1. The summed E-state index contributed by atoms with van der Waals surface area (Å²) in [6.07, 6.45) is 2.02. The Morgan fingerprint density at radius 3 is 2.58 bits per heavy atom. The maximum Gasteiger partial charge on any atom is 0.0730 e. The summed E-state index contributed by atoms with van der Waals surface area (Å²) >= 11 is 1.66. The number of aliphatic imine (C=N–C) groups is 1. The van der Waals surface area contributed by atoms with E-state index in [1.54, 1.807) is 11.8 Å². The molecule has 0 atom stereocenters.